The van der Waals surface area contributed by atoms with Crippen molar-refractivity contribution in [3.05, 3.63) is 0 Å². The highest BCUT2D eigenvalue weighted by molar-refractivity contribution is 5.78. The van der Waals surface area contributed by atoms with Crippen LogP contribution < -0.4 is 0 Å². The van der Waals surface area contributed by atoms with E-state index in [1.165, 1.54) is 0 Å². The summed E-state index contributed by atoms with van der Waals surface area (Å²) in [5, 5.41) is 8.67. The van der Waals surface area contributed by atoms with E-state index in [-0.39, 0.29) is 17.7 Å². The number of rotatable bonds is 5. The van der Waals surface area contributed by atoms with Crippen molar-refractivity contribution in [3.63, 3.8) is 0 Å². The van der Waals surface area contributed by atoms with E-state index in [0.717, 1.165) is 6.42 Å². The van der Waals surface area contributed by atoms with Gasteiger partial charge in [0.25, 0.3) is 0 Å². The van der Waals surface area contributed by atoms with Crippen molar-refractivity contribution in [2.45, 2.75) is 34.1 Å². The molecule has 0 saturated carbocycles. The zero-order valence-corrected chi connectivity index (χ0v) is 9.58. The predicted octanol–water partition coefficient (Wildman–Crippen LogP) is 2.04. The van der Waals surface area contributed by atoms with Crippen molar-refractivity contribution < 1.29 is 4.79 Å². The van der Waals surface area contributed by atoms with E-state index < -0.39 is 0 Å². The number of carbonyl (C=O) groups excluding carboxylic acids is 1. The van der Waals surface area contributed by atoms with Gasteiger partial charge >= 0.3 is 0 Å². The third kappa shape index (κ3) is 3.78. The first-order chi connectivity index (χ1) is 6.56. The summed E-state index contributed by atoms with van der Waals surface area (Å²) in [5.74, 6) is 0.154. The molecule has 3 nitrogen and oxygen atoms in total. The molecule has 0 N–H and O–H groups in total. The van der Waals surface area contributed by atoms with Crippen LogP contribution in [-0.2, 0) is 4.79 Å². The van der Waals surface area contributed by atoms with Crippen LogP contribution in [0.25, 0.3) is 0 Å². The molecule has 0 fully saturated rings. The van der Waals surface area contributed by atoms with Gasteiger partial charge in [-0.3, -0.25) is 4.79 Å². The quantitative estimate of drug-likeness (QED) is 0.675. The molecule has 3 heteroatoms. The molecule has 0 aliphatic heterocycles. The molecule has 0 saturated heterocycles. The third-order valence-corrected chi connectivity index (χ3v) is 2.44. The van der Waals surface area contributed by atoms with Crippen molar-refractivity contribution in [2.24, 2.45) is 11.8 Å². The third-order valence-electron chi connectivity index (χ3n) is 2.44. The van der Waals surface area contributed by atoms with Crippen molar-refractivity contribution in [2.75, 3.05) is 13.1 Å². The smallest absolute Gasteiger partial charge is 0.225 e. The van der Waals surface area contributed by atoms with Crippen LogP contribution >= 0.6 is 0 Å². The fourth-order valence-corrected chi connectivity index (χ4v) is 1.23. The maximum Gasteiger partial charge on any atom is 0.225 e. The minimum absolute atomic E-state index is 0.0702. The van der Waals surface area contributed by atoms with E-state index in [1.807, 2.05) is 27.7 Å². The van der Waals surface area contributed by atoms with Gasteiger partial charge in [-0.05, 0) is 20.3 Å². The predicted molar refractivity (Wildman–Crippen MR) is 56.5 cm³/mol. The van der Waals surface area contributed by atoms with Gasteiger partial charge in [0.1, 0.15) is 0 Å². The maximum absolute atomic E-state index is 11.8. The molecule has 0 spiro atoms. The van der Waals surface area contributed by atoms with E-state index in [1.54, 1.807) is 4.90 Å². The van der Waals surface area contributed by atoms with Gasteiger partial charge in [-0.15, -0.1) is 0 Å². The summed E-state index contributed by atoms with van der Waals surface area (Å²) in [6.45, 7) is 8.97. The van der Waals surface area contributed by atoms with Crippen molar-refractivity contribution in [3.8, 4) is 6.07 Å². The fourth-order valence-electron chi connectivity index (χ4n) is 1.23. The van der Waals surface area contributed by atoms with Crippen molar-refractivity contribution in [1.82, 2.24) is 4.90 Å². The molecular weight excluding hydrogens is 176 g/mol. The van der Waals surface area contributed by atoms with Gasteiger partial charge in [-0.1, -0.05) is 13.8 Å². The van der Waals surface area contributed by atoms with E-state index in [2.05, 4.69) is 6.07 Å². The van der Waals surface area contributed by atoms with Gasteiger partial charge in [-0.25, -0.2) is 0 Å². The zero-order valence-electron chi connectivity index (χ0n) is 9.58. The second-order valence-corrected chi connectivity index (χ2v) is 3.72. The molecule has 0 aromatic heterocycles. The molecule has 0 aromatic carbocycles. The van der Waals surface area contributed by atoms with Crippen molar-refractivity contribution in [1.29, 1.82) is 5.26 Å². The number of hydrogen-bond acceptors (Lipinski definition) is 2. The normalized spacial score (nSPS) is 14.2. The van der Waals surface area contributed by atoms with Gasteiger partial charge < -0.3 is 4.90 Å². The van der Waals surface area contributed by atoms with Crippen molar-refractivity contribution >= 4 is 5.91 Å². The molecular formula is C11H20N2O. The summed E-state index contributed by atoms with van der Waals surface area (Å²) in [5.41, 5.74) is 0. The topological polar surface area (TPSA) is 44.1 Å². The van der Waals surface area contributed by atoms with E-state index in [4.69, 9.17) is 5.26 Å². The molecule has 80 valence electrons. The van der Waals surface area contributed by atoms with Gasteiger partial charge in [0.05, 0.1) is 12.0 Å². The monoisotopic (exact) mass is 196 g/mol. The second kappa shape index (κ2) is 6.42. The fraction of sp³-hybridized carbons (Fsp3) is 0.818. The Morgan fingerprint density at radius 3 is 2.36 bits per heavy atom. The van der Waals surface area contributed by atoms with Crippen LogP contribution in [0.1, 0.15) is 34.1 Å². The Hall–Kier alpha value is -1.04. The number of carbonyl (C=O) groups is 1. The lowest BCUT2D eigenvalue weighted by Crippen LogP contribution is -2.37. The average Bonchev–Trinajstić information content (AvgIpc) is 2.23. The molecule has 0 heterocycles. The summed E-state index contributed by atoms with van der Waals surface area (Å²) in [7, 11) is 0. The minimum Gasteiger partial charge on any atom is -0.341 e. The molecule has 1 amide bonds. The molecule has 0 bridgehead atoms. The Morgan fingerprint density at radius 1 is 1.43 bits per heavy atom. The van der Waals surface area contributed by atoms with Gasteiger partial charge in [0.2, 0.25) is 5.91 Å². The summed E-state index contributed by atoms with van der Waals surface area (Å²) in [4.78, 5) is 13.5. The number of nitrogens with zero attached hydrogens (tertiary/aromatic N) is 2. The first kappa shape index (κ1) is 13.0. The highest BCUT2D eigenvalue weighted by atomic mass is 16.2. The van der Waals surface area contributed by atoms with Crippen LogP contribution in [0.2, 0.25) is 0 Å². The second-order valence-electron chi connectivity index (χ2n) is 3.72. The molecule has 0 rings (SSSR count). The minimum atomic E-state index is -0.0806. The molecule has 2 unspecified atom stereocenters. The molecule has 0 aliphatic carbocycles. The molecule has 0 aliphatic rings. The number of hydrogen-bond donors (Lipinski definition) is 0. The van der Waals surface area contributed by atoms with Crippen LogP contribution in [0.4, 0.5) is 0 Å². The molecule has 0 aromatic rings. The molecule has 2 atom stereocenters. The Kier molecular flexibility index (Phi) is 5.94. The highest BCUT2D eigenvalue weighted by Crippen LogP contribution is 2.08. The summed E-state index contributed by atoms with van der Waals surface area (Å²) >= 11 is 0. The van der Waals surface area contributed by atoms with Gasteiger partial charge in [0.15, 0.2) is 0 Å². The largest absolute Gasteiger partial charge is 0.341 e. The van der Waals surface area contributed by atoms with Crippen LogP contribution in [0, 0.1) is 23.2 Å². The summed E-state index contributed by atoms with van der Waals surface area (Å²) < 4.78 is 0. The molecule has 14 heavy (non-hydrogen) atoms. The van der Waals surface area contributed by atoms with Gasteiger partial charge in [0, 0.05) is 19.0 Å². The summed E-state index contributed by atoms with van der Waals surface area (Å²) in [6.07, 6.45) is 0.857. The standard InChI is InChI=1S/C11H20N2O/c1-5-10(4)11(14)13(6-2)8-9(3)7-12/h9-10H,5-6,8H2,1-4H3. The SMILES string of the molecule is CCC(C)C(=O)N(CC)CC(C)C#N. The average molecular weight is 196 g/mol. The Labute approximate surface area is 86.7 Å². The van der Waals surface area contributed by atoms with E-state index in [0.29, 0.717) is 13.1 Å². The van der Waals surface area contributed by atoms with Crippen LogP contribution in [0.5, 0.6) is 0 Å². The van der Waals surface area contributed by atoms with Gasteiger partial charge in [-0.2, -0.15) is 5.26 Å². The Bertz CT molecular complexity index is 220. The lowest BCUT2D eigenvalue weighted by Gasteiger charge is -2.24. The van der Waals surface area contributed by atoms with E-state index in [9.17, 15) is 4.79 Å². The Balaban J connectivity index is 4.27. The zero-order chi connectivity index (χ0) is 11.1. The lowest BCUT2D eigenvalue weighted by molar-refractivity contribution is -0.135. The number of nitriles is 1. The van der Waals surface area contributed by atoms with Crippen LogP contribution in [0.15, 0.2) is 0 Å². The first-order valence-corrected chi connectivity index (χ1v) is 5.25. The Morgan fingerprint density at radius 2 is 2.00 bits per heavy atom. The highest BCUT2D eigenvalue weighted by Gasteiger charge is 2.19. The summed E-state index contributed by atoms with van der Waals surface area (Å²) in [6, 6.07) is 2.15. The van der Waals surface area contributed by atoms with Crippen LogP contribution in [0.3, 0.4) is 0 Å². The number of amides is 1. The lowest BCUT2D eigenvalue weighted by atomic mass is 10.1. The van der Waals surface area contributed by atoms with Crippen LogP contribution in [-0.4, -0.2) is 23.9 Å². The molecule has 0 radical (unpaired) electrons. The first-order valence-electron chi connectivity index (χ1n) is 5.25. The van der Waals surface area contributed by atoms with E-state index >= 15 is 0 Å². The maximum atomic E-state index is 11.8.